The first-order chi connectivity index (χ1) is 12.2. The van der Waals surface area contributed by atoms with Crippen LogP contribution >= 0.6 is 0 Å². The van der Waals surface area contributed by atoms with Crippen LogP contribution in [0.25, 0.3) is 0 Å². The first-order valence-electron chi connectivity index (χ1n) is 7.85. The predicted octanol–water partition coefficient (Wildman–Crippen LogP) is 4.71. The molecule has 0 aliphatic rings. The quantitative estimate of drug-likeness (QED) is 0.665. The molecule has 124 valence electrons. The van der Waals surface area contributed by atoms with E-state index in [0.29, 0.717) is 6.61 Å². The van der Waals surface area contributed by atoms with Gasteiger partial charge in [-0.05, 0) is 42.0 Å². The van der Waals surface area contributed by atoms with Crippen LogP contribution in [0.15, 0.2) is 83.9 Å². The van der Waals surface area contributed by atoms with Crippen LogP contribution in [-0.4, -0.2) is 17.3 Å². The summed E-state index contributed by atoms with van der Waals surface area (Å²) in [7, 11) is 0. The van der Waals surface area contributed by atoms with Gasteiger partial charge >= 0.3 is 5.97 Å². The van der Waals surface area contributed by atoms with E-state index < -0.39 is 5.97 Å². The highest BCUT2D eigenvalue weighted by molar-refractivity contribution is 5.87. The van der Waals surface area contributed by atoms with Crippen LogP contribution in [0.4, 0.5) is 5.69 Å². The molecule has 0 spiro atoms. The Kier molecular flexibility index (Phi) is 5.22. The summed E-state index contributed by atoms with van der Waals surface area (Å²) in [5, 5.41) is 8.93. The fourth-order valence-corrected chi connectivity index (χ4v) is 2.28. The normalized spacial score (nSPS) is 10.7. The minimum absolute atomic E-state index is 0.263. The number of carbonyl (C=O) groups is 1. The summed E-state index contributed by atoms with van der Waals surface area (Å²) in [6, 6.07) is 24.0. The van der Waals surface area contributed by atoms with E-state index in [-0.39, 0.29) is 5.56 Å². The van der Waals surface area contributed by atoms with Crippen LogP contribution in [0.2, 0.25) is 0 Å². The number of aromatic carboxylic acids is 1. The number of hydrogen-bond donors (Lipinski definition) is 1. The number of ether oxygens (including phenoxy) is 1. The summed E-state index contributed by atoms with van der Waals surface area (Å²) in [6.07, 6.45) is 1.78. The van der Waals surface area contributed by atoms with Crippen molar-refractivity contribution in [2.75, 3.05) is 0 Å². The highest BCUT2D eigenvalue weighted by Crippen LogP contribution is 2.19. The van der Waals surface area contributed by atoms with Crippen molar-refractivity contribution in [2.24, 2.45) is 4.99 Å². The molecular weight excluding hydrogens is 314 g/mol. The lowest BCUT2D eigenvalue weighted by atomic mass is 10.1. The summed E-state index contributed by atoms with van der Waals surface area (Å²) < 4.78 is 5.87. The average Bonchev–Trinajstić information content (AvgIpc) is 2.66. The summed E-state index contributed by atoms with van der Waals surface area (Å²) in [4.78, 5) is 15.3. The molecule has 0 unspecified atom stereocenters. The zero-order valence-electron chi connectivity index (χ0n) is 13.5. The van der Waals surface area contributed by atoms with Crippen molar-refractivity contribution in [3.63, 3.8) is 0 Å². The van der Waals surface area contributed by atoms with E-state index in [4.69, 9.17) is 9.84 Å². The zero-order valence-corrected chi connectivity index (χ0v) is 13.5. The second kappa shape index (κ2) is 7.93. The van der Waals surface area contributed by atoms with Crippen molar-refractivity contribution in [2.45, 2.75) is 6.61 Å². The van der Waals surface area contributed by atoms with E-state index in [1.807, 2.05) is 54.6 Å². The Labute approximate surface area is 146 Å². The standard InChI is InChI=1S/C21H17NO3/c23-21(24)17-12-10-16(11-13-17)15-25-20-9-5-4-6-18(20)14-22-19-7-2-1-3-8-19/h1-14H,15H2,(H,23,24). The van der Waals surface area contributed by atoms with Gasteiger partial charge in [0.2, 0.25) is 0 Å². The molecule has 0 aliphatic carbocycles. The van der Waals surface area contributed by atoms with E-state index in [1.165, 1.54) is 0 Å². The van der Waals surface area contributed by atoms with Gasteiger partial charge < -0.3 is 9.84 Å². The molecular formula is C21H17NO3. The Hall–Kier alpha value is -3.40. The van der Waals surface area contributed by atoms with E-state index >= 15 is 0 Å². The van der Waals surface area contributed by atoms with Crippen LogP contribution in [0.5, 0.6) is 5.75 Å². The third kappa shape index (κ3) is 4.54. The first-order valence-corrected chi connectivity index (χ1v) is 7.85. The lowest BCUT2D eigenvalue weighted by Gasteiger charge is -2.09. The third-order valence-corrected chi connectivity index (χ3v) is 3.62. The molecule has 0 bridgehead atoms. The summed E-state index contributed by atoms with van der Waals surface area (Å²) in [5.41, 5.74) is 2.93. The number of rotatable bonds is 6. The van der Waals surface area contributed by atoms with E-state index in [9.17, 15) is 4.79 Å². The third-order valence-electron chi connectivity index (χ3n) is 3.62. The van der Waals surface area contributed by atoms with Gasteiger partial charge in [-0.3, -0.25) is 4.99 Å². The van der Waals surface area contributed by atoms with Crippen molar-refractivity contribution in [3.05, 3.63) is 95.6 Å². The number of carboxylic acids is 1. The molecule has 25 heavy (non-hydrogen) atoms. The van der Waals surface area contributed by atoms with Crippen LogP contribution in [0, 0.1) is 0 Å². The van der Waals surface area contributed by atoms with Gasteiger partial charge in [0.15, 0.2) is 0 Å². The maximum atomic E-state index is 10.9. The van der Waals surface area contributed by atoms with Crippen LogP contribution in [0.1, 0.15) is 21.5 Å². The van der Waals surface area contributed by atoms with Gasteiger partial charge in [0.05, 0.1) is 11.3 Å². The molecule has 0 saturated heterocycles. The Bertz CT molecular complexity index is 871. The predicted molar refractivity (Wildman–Crippen MR) is 97.9 cm³/mol. The second-order valence-electron chi connectivity index (χ2n) is 5.42. The van der Waals surface area contributed by atoms with Crippen molar-refractivity contribution in [3.8, 4) is 5.75 Å². The molecule has 4 nitrogen and oxygen atoms in total. The number of para-hydroxylation sites is 2. The molecule has 4 heteroatoms. The summed E-state index contributed by atoms with van der Waals surface area (Å²) >= 11 is 0. The minimum Gasteiger partial charge on any atom is -0.488 e. The SMILES string of the molecule is O=C(O)c1ccc(COc2ccccc2C=Nc2ccccc2)cc1. The molecule has 0 aromatic heterocycles. The maximum absolute atomic E-state index is 10.9. The van der Waals surface area contributed by atoms with Gasteiger partial charge in [0, 0.05) is 11.8 Å². The fraction of sp³-hybridized carbons (Fsp3) is 0.0476. The van der Waals surface area contributed by atoms with Crippen molar-refractivity contribution < 1.29 is 14.6 Å². The van der Waals surface area contributed by atoms with Crippen LogP contribution in [-0.2, 0) is 6.61 Å². The average molecular weight is 331 g/mol. The van der Waals surface area contributed by atoms with Crippen LogP contribution in [0.3, 0.4) is 0 Å². The monoisotopic (exact) mass is 331 g/mol. The van der Waals surface area contributed by atoms with E-state index in [1.54, 1.807) is 30.5 Å². The zero-order chi connectivity index (χ0) is 17.5. The number of hydrogen-bond acceptors (Lipinski definition) is 3. The maximum Gasteiger partial charge on any atom is 0.335 e. The van der Waals surface area contributed by atoms with Gasteiger partial charge in [-0.15, -0.1) is 0 Å². The summed E-state index contributed by atoms with van der Waals surface area (Å²) in [5.74, 6) is -0.209. The van der Waals surface area contributed by atoms with Crippen molar-refractivity contribution in [1.29, 1.82) is 0 Å². The number of carboxylic acid groups (broad SMARTS) is 1. The Balaban J connectivity index is 1.70. The second-order valence-corrected chi connectivity index (χ2v) is 5.42. The van der Waals surface area contributed by atoms with Crippen molar-refractivity contribution in [1.82, 2.24) is 0 Å². The molecule has 3 aromatic rings. The molecule has 0 fully saturated rings. The Morgan fingerprint density at radius 3 is 2.32 bits per heavy atom. The molecule has 0 heterocycles. The molecule has 1 N–H and O–H groups in total. The first kappa shape index (κ1) is 16.5. The Morgan fingerprint density at radius 2 is 1.60 bits per heavy atom. The lowest BCUT2D eigenvalue weighted by molar-refractivity contribution is 0.0697. The van der Waals surface area contributed by atoms with Gasteiger partial charge in [-0.1, -0.05) is 42.5 Å². The molecule has 3 rings (SSSR count). The topological polar surface area (TPSA) is 58.9 Å². The van der Waals surface area contributed by atoms with Gasteiger partial charge in [0.1, 0.15) is 12.4 Å². The minimum atomic E-state index is -0.935. The number of aliphatic imine (C=N–C) groups is 1. The fourth-order valence-electron chi connectivity index (χ4n) is 2.28. The smallest absolute Gasteiger partial charge is 0.335 e. The molecule has 0 amide bonds. The number of nitrogens with zero attached hydrogens (tertiary/aromatic N) is 1. The molecule has 0 atom stereocenters. The highest BCUT2D eigenvalue weighted by Gasteiger charge is 2.04. The highest BCUT2D eigenvalue weighted by atomic mass is 16.5. The lowest BCUT2D eigenvalue weighted by Crippen LogP contribution is -2.00. The van der Waals surface area contributed by atoms with Gasteiger partial charge in [0.25, 0.3) is 0 Å². The molecule has 0 radical (unpaired) electrons. The van der Waals surface area contributed by atoms with Gasteiger partial charge in [-0.25, -0.2) is 4.79 Å². The van der Waals surface area contributed by atoms with E-state index in [0.717, 1.165) is 22.6 Å². The van der Waals surface area contributed by atoms with Crippen molar-refractivity contribution >= 4 is 17.9 Å². The van der Waals surface area contributed by atoms with E-state index in [2.05, 4.69) is 4.99 Å². The number of benzene rings is 3. The van der Waals surface area contributed by atoms with Crippen LogP contribution < -0.4 is 4.74 Å². The molecule has 0 saturated carbocycles. The van der Waals surface area contributed by atoms with Gasteiger partial charge in [-0.2, -0.15) is 0 Å². The largest absolute Gasteiger partial charge is 0.488 e. The summed E-state index contributed by atoms with van der Waals surface area (Å²) in [6.45, 7) is 0.357. The molecule has 3 aromatic carbocycles. The molecule has 0 aliphatic heterocycles. The Morgan fingerprint density at radius 1 is 0.920 bits per heavy atom.